The number of fused-ring (bicyclic) bond motifs is 1. The molecule has 0 aliphatic carbocycles. The maximum Gasteiger partial charge on any atom is 0.408 e. The number of hydrogen-bond donors (Lipinski definition) is 1. The number of anilines is 1. The Bertz CT molecular complexity index is 1050. The Hall–Kier alpha value is -2.89. The van der Waals surface area contributed by atoms with E-state index in [4.69, 9.17) is 4.74 Å². The first-order valence-electron chi connectivity index (χ1n) is 11.7. The lowest BCUT2D eigenvalue weighted by Crippen LogP contribution is -2.42. The number of nitrogens with one attached hydrogen (secondary N) is 1. The van der Waals surface area contributed by atoms with Crippen LogP contribution in [0.2, 0.25) is 0 Å². The summed E-state index contributed by atoms with van der Waals surface area (Å²) in [7, 11) is 0. The number of hydrogen-bond acceptors (Lipinski definition) is 4. The van der Waals surface area contributed by atoms with E-state index in [0.29, 0.717) is 13.0 Å². The Kier molecular flexibility index (Phi) is 6.87. The number of rotatable bonds is 5. The van der Waals surface area contributed by atoms with Gasteiger partial charge in [-0.15, -0.1) is 0 Å². The van der Waals surface area contributed by atoms with Crippen LogP contribution in [0.25, 0.3) is 0 Å². The highest BCUT2D eigenvalue weighted by Gasteiger charge is 2.37. The van der Waals surface area contributed by atoms with Gasteiger partial charge in [-0.1, -0.05) is 26.8 Å². The van der Waals surface area contributed by atoms with Crippen molar-refractivity contribution in [2.45, 2.75) is 91.8 Å². The molecule has 0 saturated carbocycles. The number of ether oxygens (including phenoxy) is 1. The van der Waals surface area contributed by atoms with Gasteiger partial charge in [-0.25, -0.2) is 4.79 Å². The lowest BCUT2D eigenvalue weighted by molar-refractivity contribution is -0.120. The number of aromatic nitrogens is 1. The minimum absolute atomic E-state index is 0.102. The molecule has 1 aliphatic rings. The number of carbonyl (C=O) groups is 2. The summed E-state index contributed by atoms with van der Waals surface area (Å²) >= 11 is 0. The van der Waals surface area contributed by atoms with Crippen LogP contribution in [-0.4, -0.2) is 22.6 Å². The summed E-state index contributed by atoms with van der Waals surface area (Å²) in [6.07, 6.45) is 2.62. The van der Waals surface area contributed by atoms with E-state index in [2.05, 4.69) is 43.2 Å². The van der Waals surface area contributed by atoms with Gasteiger partial charge < -0.3 is 15.0 Å². The van der Waals surface area contributed by atoms with E-state index < -0.39 is 11.7 Å². The SMILES string of the molecule is CCc1cc2c(cc1C(C)NC(=O)OC(C)(C)C)N(Cc1ccnc(C)c1)C(=O)CC2(C)C. The topological polar surface area (TPSA) is 71.5 Å². The molecular weight excluding hydrogens is 414 g/mol. The molecule has 0 fully saturated rings. The smallest absolute Gasteiger partial charge is 0.408 e. The van der Waals surface area contributed by atoms with Crippen LogP contribution in [0.3, 0.4) is 0 Å². The molecule has 1 unspecified atom stereocenters. The maximum atomic E-state index is 13.3. The molecule has 33 heavy (non-hydrogen) atoms. The molecule has 1 aliphatic heterocycles. The largest absolute Gasteiger partial charge is 0.444 e. The third kappa shape index (κ3) is 5.73. The van der Waals surface area contributed by atoms with Crippen LogP contribution in [0.15, 0.2) is 30.5 Å². The molecule has 6 nitrogen and oxygen atoms in total. The van der Waals surface area contributed by atoms with E-state index in [1.165, 1.54) is 5.56 Å². The number of amides is 2. The van der Waals surface area contributed by atoms with Crippen LogP contribution in [0, 0.1) is 6.92 Å². The van der Waals surface area contributed by atoms with Crippen molar-refractivity contribution in [1.82, 2.24) is 10.3 Å². The highest BCUT2D eigenvalue weighted by molar-refractivity contribution is 5.98. The third-order valence-electron chi connectivity index (χ3n) is 6.05. The fourth-order valence-electron chi connectivity index (χ4n) is 4.45. The summed E-state index contributed by atoms with van der Waals surface area (Å²) in [5.74, 6) is 0.102. The highest BCUT2D eigenvalue weighted by Crippen LogP contribution is 2.43. The summed E-state index contributed by atoms with van der Waals surface area (Å²) in [5.41, 5.74) is 5.39. The Balaban J connectivity index is 2.03. The lowest BCUT2D eigenvalue weighted by atomic mass is 9.75. The number of nitrogens with zero attached hydrogens (tertiary/aromatic N) is 2. The maximum absolute atomic E-state index is 13.3. The summed E-state index contributed by atoms with van der Waals surface area (Å²) in [4.78, 5) is 31.8. The molecule has 1 aromatic carbocycles. The molecule has 6 heteroatoms. The van der Waals surface area contributed by atoms with Crippen molar-refractivity contribution in [3.63, 3.8) is 0 Å². The summed E-state index contributed by atoms with van der Waals surface area (Å²) in [5, 5.41) is 2.97. The van der Waals surface area contributed by atoms with Gasteiger partial charge in [-0.3, -0.25) is 9.78 Å². The Morgan fingerprint density at radius 3 is 2.58 bits per heavy atom. The van der Waals surface area contributed by atoms with Gasteiger partial charge in [-0.2, -0.15) is 0 Å². The Morgan fingerprint density at radius 2 is 1.97 bits per heavy atom. The van der Waals surface area contributed by atoms with Crippen molar-refractivity contribution < 1.29 is 14.3 Å². The van der Waals surface area contributed by atoms with Gasteiger partial charge in [0.15, 0.2) is 0 Å². The lowest BCUT2D eigenvalue weighted by Gasteiger charge is -2.40. The molecule has 1 aromatic heterocycles. The van der Waals surface area contributed by atoms with Gasteiger partial charge in [0.05, 0.1) is 12.6 Å². The second kappa shape index (κ2) is 9.16. The van der Waals surface area contributed by atoms with Crippen molar-refractivity contribution in [3.8, 4) is 0 Å². The average Bonchev–Trinajstić information content (AvgIpc) is 2.68. The minimum Gasteiger partial charge on any atom is -0.444 e. The molecule has 2 heterocycles. The minimum atomic E-state index is -0.566. The predicted molar refractivity (Wildman–Crippen MR) is 131 cm³/mol. The van der Waals surface area contributed by atoms with E-state index in [9.17, 15) is 9.59 Å². The van der Waals surface area contributed by atoms with Gasteiger partial charge in [-0.05, 0) is 81.5 Å². The molecule has 0 bridgehead atoms. The van der Waals surface area contributed by atoms with E-state index in [-0.39, 0.29) is 17.4 Å². The number of pyridine rings is 1. The second-order valence-electron chi connectivity index (χ2n) is 10.6. The van der Waals surface area contributed by atoms with Gasteiger partial charge >= 0.3 is 6.09 Å². The van der Waals surface area contributed by atoms with Gasteiger partial charge in [0, 0.05) is 29.4 Å². The Labute approximate surface area is 197 Å². The average molecular weight is 452 g/mol. The molecular formula is C27H37N3O3. The Morgan fingerprint density at radius 1 is 1.27 bits per heavy atom. The molecule has 2 aromatic rings. The number of aryl methyl sites for hydroxylation is 2. The highest BCUT2D eigenvalue weighted by atomic mass is 16.6. The van der Waals surface area contributed by atoms with Crippen LogP contribution in [-0.2, 0) is 27.9 Å². The normalized spacial score (nSPS) is 16.2. The van der Waals surface area contributed by atoms with Crippen LogP contribution in [0.5, 0.6) is 0 Å². The van der Waals surface area contributed by atoms with E-state index >= 15 is 0 Å². The van der Waals surface area contributed by atoms with Crippen LogP contribution >= 0.6 is 0 Å². The van der Waals surface area contributed by atoms with E-state index in [1.54, 1.807) is 6.20 Å². The predicted octanol–water partition coefficient (Wildman–Crippen LogP) is 5.75. The zero-order chi connectivity index (χ0) is 24.6. The molecule has 0 radical (unpaired) electrons. The van der Waals surface area contributed by atoms with Crippen molar-refractivity contribution in [2.75, 3.05) is 4.90 Å². The summed E-state index contributed by atoms with van der Waals surface area (Å²) in [6.45, 7) is 16.3. The molecule has 0 spiro atoms. The molecule has 178 valence electrons. The van der Waals surface area contributed by atoms with Crippen molar-refractivity contribution in [2.24, 2.45) is 0 Å². The second-order valence-corrected chi connectivity index (χ2v) is 10.6. The number of carbonyl (C=O) groups excluding carboxylic acids is 2. The van der Waals surface area contributed by atoms with Crippen molar-refractivity contribution in [3.05, 3.63) is 58.4 Å². The number of alkyl carbamates (subject to hydrolysis) is 1. The first-order chi connectivity index (χ1) is 15.3. The standard InChI is InChI=1S/C27H37N3O3/c1-9-20-13-22-23(14-21(20)18(3)29-25(32)33-26(4,5)6)30(24(31)15-27(22,7)8)16-19-10-11-28-17(2)12-19/h10-14,18H,9,15-16H2,1-8H3,(H,29,32). The quantitative estimate of drug-likeness (QED) is 0.628. The fraction of sp³-hybridized carbons (Fsp3) is 0.519. The first kappa shape index (κ1) is 24.7. The van der Waals surface area contributed by atoms with Gasteiger partial charge in [0.25, 0.3) is 0 Å². The molecule has 3 rings (SSSR count). The zero-order valence-electron chi connectivity index (χ0n) is 21.2. The molecule has 1 N–H and O–H groups in total. The molecule has 2 amide bonds. The zero-order valence-corrected chi connectivity index (χ0v) is 21.2. The van der Waals surface area contributed by atoms with Crippen molar-refractivity contribution >= 4 is 17.7 Å². The third-order valence-corrected chi connectivity index (χ3v) is 6.05. The van der Waals surface area contributed by atoms with E-state index in [0.717, 1.165) is 34.5 Å². The van der Waals surface area contributed by atoms with E-state index in [1.807, 2.05) is 51.7 Å². The van der Waals surface area contributed by atoms with Gasteiger partial charge in [0.2, 0.25) is 5.91 Å². The van der Waals surface area contributed by atoms with Crippen LogP contribution < -0.4 is 10.2 Å². The monoisotopic (exact) mass is 451 g/mol. The number of benzene rings is 1. The van der Waals surface area contributed by atoms with Gasteiger partial charge in [0.1, 0.15) is 5.60 Å². The molecule has 1 atom stereocenters. The fourth-order valence-corrected chi connectivity index (χ4v) is 4.45. The molecule has 0 saturated heterocycles. The first-order valence-corrected chi connectivity index (χ1v) is 11.7. The van der Waals surface area contributed by atoms with Crippen LogP contribution in [0.1, 0.15) is 88.9 Å². The summed E-state index contributed by atoms with van der Waals surface area (Å²) in [6, 6.07) is 8.01. The van der Waals surface area contributed by atoms with Crippen LogP contribution in [0.4, 0.5) is 10.5 Å². The van der Waals surface area contributed by atoms with Crippen molar-refractivity contribution in [1.29, 1.82) is 0 Å². The summed E-state index contributed by atoms with van der Waals surface area (Å²) < 4.78 is 5.46.